The number of hydrogen-bond donors (Lipinski definition) is 1. The number of halogens is 3. The first-order chi connectivity index (χ1) is 9.56. The molecule has 2 aromatic rings. The number of nitrogens with one attached hydrogen (secondary N) is 1. The highest BCUT2D eigenvalue weighted by Crippen LogP contribution is 2.23. The summed E-state index contributed by atoms with van der Waals surface area (Å²) in [6.07, 6.45) is 0.839. The van der Waals surface area contributed by atoms with E-state index in [1.54, 1.807) is 0 Å². The van der Waals surface area contributed by atoms with Gasteiger partial charge >= 0.3 is 0 Å². The molecule has 0 saturated heterocycles. The first-order valence-electron chi connectivity index (χ1n) is 6.49. The second-order valence-electron chi connectivity index (χ2n) is 4.36. The summed E-state index contributed by atoms with van der Waals surface area (Å²) >= 11 is 3.55. The van der Waals surface area contributed by atoms with E-state index < -0.39 is 11.6 Å². The maximum Gasteiger partial charge on any atom is 0.160 e. The zero-order chi connectivity index (χ0) is 14.7. The third-order valence-corrected chi connectivity index (χ3v) is 3.99. The molecule has 0 bridgehead atoms. The minimum absolute atomic E-state index is 0.493. The summed E-state index contributed by atoms with van der Waals surface area (Å²) in [4.78, 5) is 0. The molecule has 0 aliphatic carbocycles. The van der Waals surface area contributed by atoms with Crippen molar-refractivity contribution >= 4 is 21.6 Å². The molecule has 0 saturated carbocycles. The van der Waals surface area contributed by atoms with Gasteiger partial charge in [0.05, 0.1) is 22.4 Å². The number of rotatable bonds is 5. The summed E-state index contributed by atoms with van der Waals surface area (Å²) in [5, 5.41) is 7.57. The average Bonchev–Trinajstić information content (AvgIpc) is 2.76. The highest BCUT2D eigenvalue weighted by Gasteiger charge is 2.13. The molecule has 1 N–H and O–H groups in total. The first kappa shape index (κ1) is 15.0. The number of benzene rings is 1. The Morgan fingerprint density at radius 3 is 2.60 bits per heavy atom. The fourth-order valence-corrected chi connectivity index (χ4v) is 2.68. The summed E-state index contributed by atoms with van der Waals surface area (Å²) in [5.74, 6) is -1.70. The lowest BCUT2D eigenvalue weighted by atomic mass is 10.2. The monoisotopic (exact) mass is 343 g/mol. The van der Waals surface area contributed by atoms with Crippen molar-refractivity contribution in [1.82, 2.24) is 9.78 Å². The molecule has 0 unspecified atom stereocenters. The van der Waals surface area contributed by atoms with Gasteiger partial charge in [0.15, 0.2) is 11.6 Å². The van der Waals surface area contributed by atoms with Gasteiger partial charge in [0.25, 0.3) is 0 Å². The maximum absolute atomic E-state index is 13.1. The molecule has 3 nitrogen and oxygen atoms in total. The molecular weight excluding hydrogens is 328 g/mol. The molecule has 1 aromatic heterocycles. The van der Waals surface area contributed by atoms with Gasteiger partial charge in [-0.2, -0.15) is 5.10 Å². The van der Waals surface area contributed by atoms with E-state index in [1.165, 1.54) is 6.07 Å². The van der Waals surface area contributed by atoms with Crippen LogP contribution in [0.3, 0.4) is 0 Å². The van der Waals surface area contributed by atoms with E-state index in [1.807, 2.05) is 18.5 Å². The van der Waals surface area contributed by atoms with E-state index in [0.29, 0.717) is 12.2 Å². The third-order valence-electron chi connectivity index (χ3n) is 3.07. The van der Waals surface area contributed by atoms with Crippen LogP contribution in [0.4, 0.5) is 14.5 Å². The van der Waals surface area contributed by atoms with E-state index in [9.17, 15) is 8.78 Å². The molecule has 6 heteroatoms. The van der Waals surface area contributed by atoms with Gasteiger partial charge in [0.2, 0.25) is 0 Å². The normalized spacial score (nSPS) is 10.8. The zero-order valence-electron chi connectivity index (χ0n) is 11.4. The van der Waals surface area contributed by atoms with Crippen LogP contribution in [0.5, 0.6) is 0 Å². The Hall–Kier alpha value is -1.43. The minimum atomic E-state index is -0.854. The van der Waals surface area contributed by atoms with Crippen molar-refractivity contribution in [3.05, 3.63) is 45.7 Å². The van der Waals surface area contributed by atoms with Crippen LogP contribution < -0.4 is 5.32 Å². The van der Waals surface area contributed by atoms with Crippen LogP contribution in [-0.4, -0.2) is 9.78 Å². The summed E-state index contributed by atoms with van der Waals surface area (Å²) in [6, 6.07) is 3.78. The lowest BCUT2D eigenvalue weighted by Crippen LogP contribution is -2.08. The quantitative estimate of drug-likeness (QED) is 0.884. The Bertz CT molecular complexity index is 611. The highest BCUT2D eigenvalue weighted by molar-refractivity contribution is 9.10. The van der Waals surface area contributed by atoms with Crippen molar-refractivity contribution in [3.8, 4) is 0 Å². The molecule has 0 fully saturated rings. The topological polar surface area (TPSA) is 29.9 Å². The predicted octanol–water partition coefficient (Wildman–Crippen LogP) is 4.12. The van der Waals surface area contributed by atoms with Gasteiger partial charge in [-0.25, -0.2) is 8.78 Å². The first-order valence-corrected chi connectivity index (χ1v) is 7.29. The molecule has 20 heavy (non-hydrogen) atoms. The molecule has 0 spiro atoms. The number of anilines is 1. The van der Waals surface area contributed by atoms with Gasteiger partial charge in [-0.15, -0.1) is 0 Å². The van der Waals surface area contributed by atoms with Crippen molar-refractivity contribution in [2.45, 2.75) is 33.4 Å². The van der Waals surface area contributed by atoms with Crippen LogP contribution in [0.1, 0.15) is 25.2 Å². The van der Waals surface area contributed by atoms with Gasteiger partial charge in [-0.3, -0.25) is 4.68 Å². The molecule has 1 heterocycles. The van der Waals surface area contributed by atoms with Crippen LogP contribution in [0.2, 0.25) is 0 Å². The van der Waals surface area contributed by atoms with Crippen molar-refractivity contribution in [1.29, 1.82) is 0 Å². The van der Waals surface area contributed by atoms with Crippen LogP contribution in [-0.2, 0) is 19.5 Å². The standard InChI is InChI=1S/C14H16BrF2N3/c1-3-12-14(15)13(20(4-2)19-12)8-18-9-5-6-10(16)11(17)7-9/h5-7,18H,3-4,8H2,1-2H3. The molecule has 0 radical (unpaired) electrons. The van der Waals surface area contributed by atoms with E-state index >= 15 is 0 Å². The van der Waals surface area contributed by atoms with Gasteiger partial charge in [0.1, 0.15) is 0 Å². The van der Waals surface area contributed by atoms with E-state index in [-0.39, 0.29) is 0 Å². The number of nitrogens with zero attached hydrogens (tertiary/aromatic N) is 2. The largest absolute Gasteiger partial charge is 0.379 e. The molecule has 108 valence electrons. The molecule has 0 atom stereocenters. The number of aromatic nitrogens is 2. The minimum Gasteiger partial charge on any atom is -0.379 e. The van der Waals surface area contributed by atoms with Gasteiger partial charge in [-0.1, -0.05) is 6.92 Å². The van der Waals surface area contributed by atoms with Crippen LogP contribution >= 0.6 is 15.9 Å². The average molecular weight is 344 g/mol. The van der Waals surface area contributed by atoms with Gasteiger partial charge < -0.3 is 5.32 Å². The van der Waals surface area contributed by atoms with Crippen molar-refractivity contribution in [2.75, 3.05) is 5.32 Å². The lowest BCUT2D eigenvalue weighted by Gasteiger charge is -2.09. The summed E-state index contributed by atoms with van der Waals surface area (Å²) in [5.41, 5.74) is 2.53. The maximum atomic E-state index is 13.1. The second kappa shape index (κ2) is 6.35. The fraction of sp³-hybridized carbons (Fsp3) is 0.357. The van der Waals surface area contributed by atoms with Gasteiger partial charge in [-0.05, 0) is 41.4 Å². The zero-order valence-corrected chi connectivity index (χ0v) is 13.0. The molecule has 0 aliphatic heterocycles. The molecule has 0 aliphatic rings. The van der Waals surface area contributed by atoms with E-state index in [2.05, 4.69) is 26.3 Å². The fourth-order valence-electron chi connectivity index (χ4n) is 1.98. The smallest absolute Gasteiger partial charge is 0.160 e. The molecule has 2 rings (SSSR count). The summed E-state index contributed by atoms with van der Waals surface area (Å²) in [6.45, 7) is 5.31. The Balaban J connectivity index is 2.17. The van der Waals surface area contributed by atoms with Crippen LogP contribution in [0.15, 0.2) is 22.7 Å². The lowest BCUT2D eigenvalue weighted by molar-refractivity contribution is 0.509. The third kappa shape index (κ3) is 3.00. The Morgan fingerprint density at radius 1 is 1.25 bits per heavy atom. The van der Waals surface area contributed by atoms with E-state index in [0.717, 1.165) is 41.0 Å². The number of hydrogen-bond acceptors (Lipinski definition) is 2. The predicted molar refractivity (Wildman–Crippen MR) is 78.7 cm³/mol. The Kier molecular flexibility index (Phi) is 4.75. The van der Waals surface area contributed by atoms with Crippen molar-refractivity contribution in [3.63, 3.8) is 0 Å². The highest BCUT2D eigenvalue weighted by atomic mass is 79.9. The summed E-state index contributed by atoms with van der Waals surface area (Å²) in [7, 11) is 0. The Labute approximate surface area is 125 Å². The van der Waals surface area contributed by atoms with Crippen LogP contribution in [0.25, 0.3) is 0 Å². The van der Waals surface area contributed by atoms with Crippen LogP contribution in [0, 0.1) is 11.6 Å². The molecular formula is C14H16BrF2N3. The van der Waals surface area contributed by atoms with Crippen molar-refractivity contribution < 1.29 is 8.78 Å². The van der Waals surface area contributed by atoms with Crippen molar-refractivity contribution in [2.24, 2.45) is 0 Å². The molecule has 1 aromatic carbocycles. The SMILES string of the molecule is CCc1nn(CC)c(CNc2ccc(F)c(F)c2)c1Br. The summed E-state index contributed by atoms with van der Waals surface area (Å²) < 4.78 is 28.9. The van der Waals surface area contributed by atoms with Gasteiger partial charge in [0, 0.05) is 18.3 Å². The molecule has 0 amide bonds. The van der Waals surface area contributed by atoms with E-state index in [4.69, 9.17) is 0 Å². The number of aryl methyl sites for hydroxylation is 2. The second-order valence-corrected chi connectivity index (χ2v) is 5.15. The Morgan fingerprint density at radius 2 is 2.00 bits per heavy atom.